The van der Waals surface area contributed by atoms with E-state index in [-0.39, 0.29) is 6.03 Å². The summed E-state index contributed by atoms with van der Waals surface area (Å²) < 4.78 is 1.87. The minimum absolute atomic E-state index is 0.0218. The van der Waals surface area contributed by atoms with Crippen molar-refractivity contribution in [3.63, 3.8) is 0 Å². The van der Waals surface area contributed by atoms with Gasteiger partial charge in [-0.3, -0.25) is 10.00 Å². The molecule has 1 aromatic rings. The Morgan fingerprint density at radius 3 is 3.04 bits per heavy atom. The second-order valence-corrected chi connectivity index (χ2v) is 7.79. The first-order valence-corrected chi connectivity index (χ1v) is 9.49. The van der Waals surface area contributed by atoms with Gasteiger partial charge in [0.05, 0.1) is 6.54 Å². The molecule has 1 saturated heterocycles. The SMILES string of the molecule is CCS[C@H]1CCCCN(C(=O)Nc2ccn(CCN(C)C)n2)C1. The van der Waals surface area contributed by atoms with E-state index in [2.05, 4.69) is 22.2 Å². The normalized spacial score (nSPS) is 19.0. The zero-order chi connectivity index (χ0) is 16.7. The first kappa shape index (κ1) is 18.1. The average molecular weight is 340 g/mol. The van der Waals surface area contributed by atoms with Crippen LogP contribution in [0.5, 0.6) is 0 Å². The van der Waals surface area contributed by atoms with E-state index in [9.17, 15) is 4.79 Å². The van der Waals surface area contributed by atoms with Gasteiger partial charge in [0.2, 0.25) is 0 Å². The van der Waals surface area contributed by atoms with Gasteiger partial charge in [-0.2, -0.15) is 16.9 Å². The zero-order valence-electron chi connectivity index (χ0n) is 14.5. The number of hydrogen-bond donors (Lipinski definition) is 1. The van der Waals surface area contributed by atoms with Crippen LogP contribution >= 0.6 is 11.8 Å². The fourth-order valence-corrected chi connectivity index (χ4v) is 3.79. The van der Waals surface area contributed by atoms with Gasteiger partial charge in [-0.25, -0.2) is 4.79 Å². The molecule has 6 nitrogen and oxygen atoms in total. The van der Waals surface area contributed by atoms with Crippen LogP contribution in [0, 0.1) is 0 Å². The van der Waals surface area contributed by atoms with Crippen LogP contribution in [-0.2, 0) is 6.54 Å². The van der Waals surface area contributed by atoms with Gasteiger partial charge < -0.3 is 9.80 Å². The third-order valence-electron chi connectivity index (χ3n) is 3.97. The van der Waals surface area contributed by atoms with Crippen LogP contribution in [0.25, 0.3) is 0 Å². The third-order valence-corrected chi connectivity index (χ3v) is 5.16. The van der Waals surface area contributed by atoms with Gasteiger partial charge in [0.15, 0.2) is 5.82 Å². The summed E-state index contributed by atoms with van der Waals surface area (Å²) in [6, 6.07) is 1.84. The van der Waals surface area contributed by atoms with Crippen molar-refractivity contribution >= 4 is 23.6 Å². The lowest BCUT2D eigenvalue weighted by molar-refractivity contribution is 0.214. The Bertz CT molecular complexity index is 491. The Balaban J connectivity index is 1.87. The highest BCUT2D eigenvalue weighted by Crippen LogP contribution is 2.22. The third kappa shape index (κ3) is 6.06. The maximum absolute atomic E-state index is 12.5. The number of nitrogens with zero attached hydrogens (tertiary/aromatic N) is 4. The Labute approximate surface area is 143 Å². The second kappa shape index (κ2) is 9.17. The lowest BCUT2D eigenvalue weighted by Crippen LogP contribution is -2.38. The number of carbonyl (C=O) groups excluding carboxylic acids is 1. The number of aromatic nitrogens is 2. The van der Waals surface area contributed by atoms with Gasteiger partial charge in [0, 0.05) is 37.1 Å². The summed E-state index contributed by atoms with van der Waals surface area (Å²) in [5, 5.41) is 7.93. The van der Waals surface area contributed by atoms with Gasteiger partial charge in [-0.1, -0.05) is 13.3 Å². The minimum atomic E-state index is -0.0218. The molecule has 2 rings (SSSR count). The molecule has 2 amide bonds. The van der Waals surface area contributed by atoms with Crippen molar-refractivity contribution in [3.05, 3.63) is 12.3 Å². The zero-order valence-corrected chi connectivity index (χ0v) is 15.3. The second-order valence-electron chi connectivity index (χ2n) is 6.22. The Kier molecular flexibility index (Phi) is 7.23. The van der Waals surface area contributed by atoms with E-state index in [4.69, 9.17) is 0 Å². The molecule has 0 aromatic carbocycles. The summed E-state index contributed by atoms with van der Waals surface area (Å²) >= 11 is 1.96. The topological polar surface area (TPSA) is 53.4 Å². The lowest BCUT2D eigenvalue weighted by Gasteiger charge is -2.23. The Morgan fingerprint density at radius 2 is 2.30 bits per heavy atom. The van der Waals surface area contributed by atoms with Gasteiger partial charge in [0.1, 0.15) is 0 Å². The molecule has 0 bridgehead atoms. The molecule has 130 valence electrons. The van der Waals surface area contributed by atoms with E-state index in [1.54, 1.807) is 0 Å². The highest BCUT2D eigenvalue weighted by molar-refractivity contribution is 7.99. The molecule has 0 unspecified atom stereocenters. The fraction of sp³-hybridized carbons (Fsp3) is 0.750. The van der Waals surface area contributed by atoms with Crippen molar-refractivity contribution in [3.8, 4) is 0 Å². The van der Waals surface area contributed by atoms with E-state index < -0.39 is 0 Å². The predicted octanol–water partition coefficient (Wildman–Crippen LogP) is 2.58. The maximum atomic E-state index is 12.5. The van der Waals surface area contributed by atoms with Crippen molar-refractivity contribution in [1.29, 1.82) is 0 Å². The van der Waals surface area contributed by atoms with Gasteiger partial charge in [-0.05, 0) is 32.7 Å². The van der Waals surface area contributed by atoms with Crippen molar-refractivity contribution in [2.75, 3.05) is 44.8 Å². The summed E-state index contributed by atoms with van der Waals surface area (Å²) in [5.74, 6) is 1.74. The highest BCUT2D eigenvalue weighted by atomic mass is 32.2. The van der Waals surface area contributed by atoms with Crippen LogP contribution in [0.15, 0.2) is 12.3 Å². The van der Waals surface area contributed by atoms with Gasteiger partial charge in [0.25, 0.3) is 0 Å². The van der Waals surface area contributed by atoms with E-state index in [1.165, 1.54) is 12.8 Å². The number of rotatable bonds is 6. The van der Waals surface area contributed by atoms with E-state index >= 15 is 0 Å². The van der Waals surface area contributed by atoms with Crippen LogP contribution in [0.1, 0.15) is 26.2 Å². The van der Waals surface area contributed by atoms with Crippen molar-refractivity contribution < 1.29 is 4.79 Å². The maximum Gasteiger partial charge on any atom is 0.323 e. The standard InChI is InChI=1S/C16H29N5OS/c1-4-23-14-7-5-6-9-20(13-14)16(22)17-15-8-10-21(18-15)12-11-19(2)3/h8,10,14H,4-7,9,11-13H2,1-3H3,(H,17,18,22)/t14-/m0/s1. The molecule has 1 atom stereocenters. The minimum Gasteiger partial charge on any atom is -0.323 e. The molecular formula is C16H29N5OS. The number of amides is 2. The molecule has 0 saturated carbocycles. The van der Waals surface area contributed by atoms with Crippen molar-refractivity contribution in [2.45, 2.75) is 38.0 Å². The molecule has 0 spiro atoms. The molecule has 0 aliphatic carbocycles. The van der Waals surface area contributed by atoms with Crippen LogP contribution in [0.4, 0.5) is 10.6 Å². The van der Waals surface area contributed by atoms with Crippen molar-refractivity contribution in [1.82, 2.24) is 19.6 Å². The Hall–Kier alpha value is -1.21. The van der Waals surface area contributed by atoms with Crippen molar-refractivity contribution in [2.24, 2.45) is 0 Å². The molecule has 0 radical (unpaired) electrons. The summed E-state index contributed by atoms with van der Waals surface area (Å²) in [5.41, 5.74) is 0. The number of likely N-dealkylation sites (tertiary alicyclic amines) is 1. The first-order valence-electron chi connectivity index (χ1n) is 8.44. The smallest absolute Gasteiger partial charge is 0.323 e. The van der Waals surface area contributed by atoms with E-state index in [1.807, 2.05) is 47.7 Å². The van der Waals surface area contributed by atoms with Crippen LogP contribution in [0.3, 0.4) is 0 Å². The quantitative estimate of drug-likeness (QED) is 0.865. The van der Waals surface area contributed by atoms with Crippen LogP contribution in [0.2, 0.25) is 0 Å². The number of hydrogen-bond acceptors (Lipinski definition) is 4. The summed E-state index contributed by atoms with van der Waals surface area (Å²) in [6.45, 7) is 5.61. The lowest BCUT2D eigenvalue weighted by atomic mass is 10.2. The van der Waals surface area contributed by atoms with Crippen LogP contribution in [-0.4, -0.2) is 70.3 Å². The molecule has 1 aliphatic rings. The number of urea groups is 1. The molecular weight excluding hydrogens is 310 g/mol. The highest BCUT2D eigenvalue weighted by Gasteiger charge is 2.22. The summed E-state index contributed by atoms with van der Waals surface area (Å²) in [4.78, 5) is 16.6. The molecule has 2 heterocycles. The molecule has 1 aromatic heterocycles. The Morgan fingerprint density at radius 1 is 1.48 bits per heavy atom. The number of anilines is 1. The first-order chi connectivity index (χ1) is 11.1. The monoisotopic (exact) mass is 339 g/mol. The average Bonchev–Trinajstić information content (AvgIpc) is 2.81. The summed E-state index contributed by atoms with van der Waals surface area (Å²) in [6.07, 6.45) is 5.42. The van der Waals surface area contributed by atoms with E-state index in [0.29, 0.717) is 11.1 Å². The number of nitrogens with one attached hydrogen (secondary N) is 1. The van der Waals surface area contributed by atoms with Gasteiger partial charge in [-0.15, -0.1) is 0 Å². The molecule has 1 N–H and O–H groups in total. The molecule has 7 heteroatoms. The number of likely N-dealkylation sites (N-methyl/N-ethyl adjacent to an activating group) is 1. The van der Waals surface area contributed by atoms with Gasteiger partial charge >= 0.3 is 6.03 Å². The fourth-order valence-electron chi connectivity index (χ4n) is 2.70. The number of carbonyl (C=O) groups is 1. The van der Waals surface area contributed by atoms with E-state index in [0.717, 1.165) is 38.4 Å². The summed E-state index contributed by atoms with van der Waals surface area (Å²) in [7, 11) is 4.08. The van der Waals surface area contributed by atoms with Crippen LogP contribution < -0.4 is 5.32 Å². The number of thioether (sulfide) groups is 1. The predicted molar refractivity (Wildman–Crippen MR) is 97.1 cm³/mol. The molecule has 1 aliphatic heterocycles. The molecule has 23 heavy (non-hydrogen) atoms. The largest absolute Gasteiger partial charge is 0.323 e. The molecule has 1 fully saturated rings.